The number of hydrogen-bond donors (Lipinski definition) is 1. The average Bonchev–Trinajstić information content (AvgIpc) is 2.95. The average molecular weight is 301 g/mol. The third-order valence-electron chi connectivity index (χ3n) is 4.83. The first kappa shape index (κ1) is 13.5. The fourth-order valence-electron chi connectivity index (χ4n) is 3.29. The monoisotopic (exact) mass is 301 g/mol. The van der Waals surface area contributed by atoms with E-state index in [0.717, 1.165) is 18.4 Å². The Kier molecular flexibility index (Phi) is 2.87. The molecule has 4 rings (SSSR count). The number of halogens is 1. The number of aliphatic hydroxyl groups is 1. The number of carbonyl (C=O) groups is 1. The van der Waals surface area contributed by atoms with E-state index in [0.29, 0.717) is 24.2 Å². The summed E-state index contributed by atoms with van der Waals surface area (Å²) in [6.45, 7) is 0.870. The Bertz CT molecular complexity index is 722. The second kappa shape index (κ2) is 4.68. The first-order chi connectivity index (χ1) is 10.6. The van der Waals surface area contributed by atoms with Crippen molar-refractivity contribution in [3.63, 3.8) is 0 Å². The van der Waals surface area contributed by atoms with Gasteiger partial charge in [0.05, 0.1) is 24.2 Å². The summed E-state index contributed by atoms with van der Waals surface area (Å²) in [6.07, 6.45) is 4.49. The summed E-state index contributed by atoms with van der Waals surface area (Å²) in [5.41, 5.74) is 1.58. The fraction of sp³-hybridized carbons (Fsp3) is 0.353. The molecule has 1 saturated carbocycles. The van der Waals surface area contributed by atoms with Crippen LogP contribution in [0.25, 0.3) is 11.1 Å². The van der Waals surface area contributed by atoms with E-state index in [-0.39, 0.29) is 11.3 Å². The van der Waals surface area contributed by atoms with Crippen molar-refractivity contribution in [2.24, 2.45) is 5.41 Å². The summed E-state index contributed by atoms with van der Waals surface area (Å²) < 4.78 is 18.7. The van der Waals surface area contributed by atoms with Gasteiger partial charge in [-0.25, -0.2) is 4.39 Å². The zero-order valence-electron chi connectivity index (χ0n) is 12.0. The smallest absolute Gasteiger partial charge is 0.254 e. The van der Waals surface area contributed by atoms with Crippen LogP contribution in [0.2, 0.25) is 0 Å². The molecule has 5 heteroatoms. The number of benzene rings is 1. The summed E-state index contributed by atoms with van der Waals surface area (Å²) in [5, 5.41) is 10.1. The molecule has 1 saturated heterocycles. The van der Waals surface area contributed by atoms with E-state index >= 15 is 0 Å². The minimum atomic E-state index is -0.470. The van der Waals surface area contributed by atoms with E-state index in [1.54, 1.807) is 17.0 Å². The number of aliphatic hydroxyl groups excluding tert-OH is 1. The summed E-state index contributed by atoms with van der Waals surface area (Å²) in [5.74, 6) is -0.685. The maximum absolute atomic E-state index is 13.6. The van der Waals surface area contributed by atoms with E-state index in [1.165, 1.54) is 24.7 Å². The lowest BCUT2D eigenvalue weighted by atomic mass is 10.0. The molecule has 2 aromatic rings. The predicted molar refractivity (Wildman–Crippen MR) is 77.7 cm³/mol. The number of carbonyl (C=O) groups excluding carboxylic acids is 1. The number of furan rings is 1. The van der Waals surface area contributed by atoms with Crippen molar-refractivity contribution in [2.75, 3.05) is 13.1 Å². The largest absolute Gasteiger partial charge is 0.472 e. The summed E-state index contributed by atoms with van der Waals surface area (Å²) in [7, 11) is 0. The van der Waals surface area contributed by atoms with Gasteiger partial charge < -0.3 is 14.4 Å². The van der Waals surface area contributed by atoms with Gasteiger partial charge in [0.15, 0.2) is 0 Å². The quantitative estimate of drug-likeness (QED) is 0.928. The minimum Gasteiger partial charge on any atom is -0.472 e. The van der Waals surface area contributed by atoms with Gasteiger partial charge in [-0.3, -0.25) is 4.79 Å². The Labute approximate surface area is 127 Å². The lowest BCUT2D eigenvalue weighted by molar-refractivity contribution is 0.0764. The third-order valence-corrected chi connectivity index (χ3v) is 4.83. The third kappa shape index (κ3) is 2.04. The van der Waals surface area contributed by atoms with Crippen LogP contribution in [0.15, 0.2) is 41.2 Å². The Morgan fingerprint density at radius 3 is 2.82 bits per heavy atom. The van der Waals surface area contributed by atoms with Gasteiger partial charge in [-0.1, -0.05) is 6.07 Å². The molecule has 4 nitrogen and oxygen atoms in total. The van der Waals surface area contributed by atoms with Gasteiger partial charge >= 0.3 is 0 Å². The van der Waals surface area contributed by atoms with Crippen molar-refractivity contribution in [1.82, 2.24) is 4.90 Å². The van der Waals surface area contributed by atoms with Crippen molar-refractivity contribution in [2.45, 2.75) is 18.9 Å². The zero-order chi connectivity index (χ0) is 15.3. The molecule has 1 aliphatic heterocycles. The summed E-state index contributed by atoms with van der Waals surface area (Å²) >= 11 is 0. The number of likely N-dealkylation sites (tertiary alicyclic amines) is 1. The van der Waals surface area contributed by atoms with Crippen LogP contribution in [0.3, 0.4) is 0 Å². The maximum Gasteiger partial charge on any atom is 0.254 e. The van der Waals surface area contributed by atoms with Crippen LogP contribution in [-0.2, 0) is 0 Å². The van der Waals surface area contributed by atoms with Crippen LogP contribution in [0, 0.1) is 11.2 Å². The van der Waals surface area contributed by atoms with E-state index in [4.69, 9.17) is 4.42 Å². The molecule has 22 heavy (non-hydrogen) atoms. The number of rotatable bonds is 2. The molecule has 2 heterocycles. The van der Waals surface area contributed by atoms with Crippen molar-refractivity contribution < 1.29 is 18.7 Å². The Morgan fingerprint density at radius 1 is 1.36 bits per heavy atom. The molecule has 1 aliphatic carbocycles. The lowest BCUT2D eigenvalue weighted by Gasteiger charge is -2.18. The van der Waals surface area contributed by atoms with Gasteiger partial charge in [0.25, 0.3) is 5.91 Å². The maximum atomic E-state index is 13.6. The second-order valence-corrected chi connectivity index (χ2v) is 6.27. The Balaban J connectivity index is 1.70. The van der Waals surface area contributed by atoms with Gasteiger partial charge in [0, 0.05) is 24.1 Å². The molecule has 1 amide bonds. The first-order valence-electron chi connectivity index (χ1n) is 7.39. The predicted octanol–water partition coefficient (Wildman–Crippen LogP) is 2.68. The molecule has 114 valence electrons. The molecule has 1 spiro atoms. The normalized spacial score (nSPS) is 22.3. The van der Waals surface area contributed by atoms with Crippen LogP contribution < -0.4 is 0 Å². The number of β-amino-alcohol motifs (C(OH)–C–C–N with tert-alkyl or cyclic N) is 1. The SMILES string of the molecule is O=C(c1cc(F)ccc1-c1ccoc1)N1CC(O)C2(CC2)C1. The van der Waals surface area contributed by atoms with E-state index in [9.17, 15) is 14.3 Å². The van der Waals surface area contributed by atoms with Gasteiger partial charge in [0.1, 0.15) is 5.82 Å². The highest BCUT2D eigenvalue weighted by Crippen LogP contribution is 2.53. The highest BCUT2D eigenvalue weighted by atomic mass is 19.1. The van der Waals surface area contributed by atoms with Crippen LogP contribution in [0.5, 0.6) is 0 Å². The zero-order valence-corrected chi connectivity index (χ0v) is 12.0. The van der Waals surface area contributed by atoms with E-state index in [1.807, 2.05) is 0 Å². The van der Waals surface area contributed by atoms with Crippen LogP contribution >= 0.6 is 0 Å². The van der Waals surface area contributed by atoms with Crippen LogP contribution in [0.4, 0.5) is 4.39 Å². The fourth-order valence-corrected chi connectivity index (χ4v) is 3.29. The number of hydrogen-bond acceptors (Lipinski definition) is 3. The standard InChI is InChI=1S/C17H16FNO3/c18-12-1-2-13(11-3-6-22-9-11)14(7-12)16(21)19-8-15(20)17(10-19)4-5-17/h1-3,6-7,9,15,20H,4-5,8,10H2. The van der Waals surface area contributed by atoms with Crippen molar-refractivity contribution in [3.8, 4) is 11.1 Å². The second-order valence-electron chi connectivity index (χ2n) is 6.27. The van der Waals surface area contributed by atoms with Gasteiger partial charge in [-0.15, -0.1) is 0 Å². The highest BCUT2D eigenvalue weighted by molar-refractivity contribution is 6.01. The van der Waals surface area contributed by atoms with Gasteiger partial charge in [-0.05, 0) is 36.6 Å². The van der Waals surface area contributed by atoms with Gasteiger partial charge in [0.2, 0.25) is 0 Å². The molecular formula is C17H16FNO3. The highest BCUT2D eigenvalue weighted by Gasteiger charge is 2.55. The number of amides is 1. The molecule has 2 aliphatic rings. The lowest BCUT2D eigenvalue weighted by Crippen LogP contribution is -2.30. The van der Waals surface area contributed by atoms with Crippen molar-refractivity contribution >= 4 is 5.91 Å². The topological polar surface area (TPSA) is 53.7 Å². The molecule has 1 unspecified atom stereocenters. The first-order valence-corrected chi connectivity index (χ1v) is 7.39. The molecule has 1 atom stereocenters. The molecule has 1 N–H and O–H groups in total. The number of nitrogens with zero attached hydrogens (tertiary/aromatic N) is 1. The van der Waals surface area contributed by atoms with E-state index in [2.05, 4.69) is 0 Å². The minimum absolute atomic E-state index is 0.112. The molecule has 0 radical (unpaired) electrons. The molecular weight excluding hydrogens is 285 g/mol. The van der Waals surface area contributed by atoms with Crippen molar-refractivity contribution in [3.05, 3.63) is 48.2 Å². The van der Waals surface area contributed by atoms with Crippen LogP contribution in [-0.4, -0.2) is 35.1 Å². The molecule has 1 aromatic carbocycles. The Hall–Kier alpha value is -2.14. The van der Waals surface area contributed by atoms with Gasteiger partial charge in [-0.2, -0.15) is 0 Å². The molecule has 1 aromatic heterocycles. The molecule has 0 bridgehead atoms. The Morgan fingerprint density at radius 2 is 2.18 bits per heavy atom. The van der Waals surface area contributed by atoms with E-state index < -0.39 is 11.9 Å². The summed E-state index contributed by atoms with van der Waals surface area (Å²) in [4.78, 5) is 14.4. The molecule has 2 fully saturated rings. The van der Waals surface area contributed by atoms with Crippen LogP contribution in [0.1, 0.15) is 23.2 Å². The van der Waals surface area contributed by atoms with Crippen molar-refractivity contribution in [1.29, 1.82) is 0 Å². The summed E-state index contributed by atoms with van der Waals surface area (Å²) in [6, 6.07) is 5.92.